The van der Waals surface area contributed by atoms with Gasteiger partial charge in [-0.25, -0.2) is 4.39 Å². The molecule has 1 saturated heterocycles. The monoisotopic (exact) mass is 283 g/mol. The predicted molar refractivity (Wildman–Crippen MR) is 73.8 cm³/mol. The van der Waals surface area contributed by atoms with Gasteiger partial charge in [0.1, 0.15) is 5.82 Å². The fourth-order valence-corrected chi connectivity index (χ4v) is 2.58. The van der Waals surface area contributed by atoms with E-state index in [0.29, 0.717) is 13.0 Å². The molecule has 1 aliphatic heterocycles. The predicted octanol–water partition coefficient (Wildman–Crippen LogP) is 1.33. The minimum atomic E-state index is -0.596. The first-order chi connectivity index (χ1) is 9.58. The lowest BCUT2D eigenvalue weighted by molar-refractivity contribution is -0.0967. The Balaban J connectivity index is 1.83. The first-order valence-corrected chi connectivity index (χ1v) is 7.00. The fraction of sp³-hybridized carbons (Fsp3) is 0.600. The number of hydrogen-bond acceptors (Lipinski definition) is 4. The van der Waals surface area contributed by atoms with E-state index in [9.17, 15) is 14.6 Å². The number of aliphatic hydroxyl groups excluding tert-OH is 2. The third kappa shape index (κ3) is 4.24. The molecule has 4 nitrogen and oxygen atoms in total. The molecule has 0 aliphatic carbocycles. The highest BCUT2D eigenvalue weighted by Crippen LogP contribution is 2.19. The highest BCUT2D eigenvalue weighted by Gasteiger charge is 2.24. The third-order valence-electron chi connectivity index (χ3n) is 3.58. The second-order valence-electron chi connectivity index (χ2n) is 5.37. The fourth-order valence-electron chi connectivity index (χ4n) is 2.58. The van der Waals surface area contributed by atoms with E-state index in [0.717, 1.165) is 18.7 Å². The molecule has 2 N–H and O–H groups in total. The topological polar surface area (TPSA) is 52.9 Å². The molecule has 112 valence electrons. The Labute approximate surface area is 118 Å². The molecule has 0 aromatic heterocycles. The highest BCUT2D eigenvalue weighted by atomic mass is 19.1. The van der Waals surface area contributed by atoms with Crippen molar-refractivity contribution in [2.45, 2.75) is 31.7 Å². The van der Waals surface area contributed by atoms with Crippen LogP contribution in [-0.4, -0.2) is 53.6 Å². The summed E-state index contributed by atoms with van der Waals surface area (Å²) in [7, 11) is 0. The normalized spacial score (nSPS) is 25.6. The molecule has 0 radical (unpaired) electrons. The molecule has 1 aromatic rings. The van der Waals surface area contributed by atoms with Gasteiger partial charge in [-0.1, -0.05) is 12.1 Å². The zero-order chi connectivity index (χ0) is 14.5. The van der Waals surface area contributed by atoms with E-state index in [4.69, 9.17) is 4.74 Å². The summed E-state index contributed by atoms with van der Waals surface area (Å²) in [4.78, 5) is 2.18. The summed E-state index contributed by atoms with van der Waals surface area (Å²) in [6.45, 7) is 4.19. The van der Waals surface area contributed by atoms with Crippen LogP contribution in [0, 0.1) is 5.82 Å². The SMILES string of the molecule is CC1CN(CCC(O)c2ccc(F)cc2)CC(CO)O1. The maximum atomic E-state index is 12.8. The van der Waals surface area contributed by atoms with E-state index in [1.807, 2.05) is 6.92 Å². The Morgan fingerprint density at radius 1 is 1.35 bits per heavy atom. The average molecular weight is 283 g/mol. The van der Waals surface area contributed by atoms with Crippen molar-refractivity contribution in [1.29, 1.82) is 0 Å². The van der Waals surface area contributed by atoms with E-state index in [2.05, 4.69) is 4.90 Å². The van der Waals surface area contributed by atoms with Gasteiger partial charge in [0.2, 0.25) is 0 Å². The van der Waals surface area contributed by atoms with Gasteiger partial charge in [-0.05, 0) is 31.0 Å². The van der Waals surface area contributed by atoms with E-state index in [1.54, 1.807) is 12.1 Å². The summed E-state index contributed by atoms with van der Waals surface area (Å²) >= 11 is 0. The van der Waals surface area contributed by atoms with Crippen molar-refractivity contribution >= 4 is 0 Å². The minimum Gasteiger partial charge on any atom is -0.394 e. The molecule has 1 fully saturated rings. The van der Waals surface area contributed by atoms with Gasteiger partial charge < -0.3 is 14.9 Å². The first-order valence-electron chi connectivity index (χ1n) is 7.00. The number of rotatable bonds is 5. The lowest BCUT2D eigenvalue weighted by Gasteiger charge is -2.36. The number of halogens is 1. The third-order valence-corrected chi connectivity index (χ3v) is 3.58. The highest BCUT2D eigenvalue weighted by molar-refractivity contribution is 5.18. The molecular formula is C15H22FNO3. The van der Waals surface area contributed by atoms with Crippen LogP contribution in [-0.2, 0) is 4.74 Å². The van der Waals surface area contributed by atoms with Crippen LogP contribution >= 0.6 is 0 Å². The van der Waals surface area contributed by atoms with Crippen molar-refractivity contribution < 1.29 is 19.3 Å². The Kier molecular flexibility index (Phi) is 5.48. The molecule has 0 amide bonds. The molecule has 1 aromatic carbocycles. The molecule has 3 unspecified atom stereocenters. The van der Waals surface area contributed by atoms with Crippen LogP contribution in [0.2, 0.25) is 0 Å². The molecule has 0 saturated carbocycles. The van der Waals surface area contributed by atoms with Gasteiger partial charge in [0.25, 0.3) is 0 Å². The summed E-state index contributed by atoms with van der Waals surface area (Å²) < 4.78 is 18.4. The number of morpholine rings is 1. The number of ether oxygens (including phenoxy) is 1. The molecule has 1 aliphatic rings. The van der Waals surface area contributed by atoms with Crippen molar-refractivity contribution in [3.63, 3.8) is 0 Å². The van der Waals surface area contributed by atoms with Crippen molar-refractivity contribution in [2.75, 3.05) is 26.2 Å². The number of aliphatic hydroxyl groups is 2. The van der Waals surface area contributed by atoms with Crippen molar-refractivity contribution in [3.8, 4) is 0 Å². The van der Waals surface area contributed by atoms with E-state index in [-0.39, 0.29) is 24.6 Å². The van der Waals surface area contributed by atoms with Crippen LogP contribution in [0.4, 0.5) is 4.39 Å². The van der Waals surface area contributed by atoms with E-state index in [1.165, 1.54) is 12.1 Å². The van der Waals surface area contributed by atoms with Crippen LogP contribution in [0.25, 0.3) is 0 Å². The van der Waals surface area contributed by atoms with Gasteiger partial charge in [0, 0.05) is 19.6 Å². The van der Waals surface area contributed by atoms with Gasteiger partial charge in [-0.3, -0.25) is 4.90 Å². The zero-order valence-corrected chi connectivity index (χ0v) is 11.7. The van der Waals surface area contributed by atoms with Crippen molar-refractivity contribution in [3.05, 3.63) is 35.6 Å². The Hall–Kier alpha value is -1.01. The lowest BCUT2D eigenvalue weighted by Crippen LogP contribution is -2.48. The number of hydrogen-bond donors (Lipinski definition) is 2. The van der Waals surface area contributed by atoms with Crippen LogP contribution in [0.15, 0.2) is 24.3 Å². The van der Waals surface area contributed by atoms with Gasteiger partial charge in [-0.15, -0.1) is 0 Å². The number of benzene rings is 1. The smallest absolute Gasteiger partial charge is 0.123 e. The largest absolute Gasteiger partial charge is 0.394 e. The summed E-state index contributed by atoms with van der Waals surface area (Å²) in [6.07, 6.45) is -0.0804. The second kappa shape index (κ2) is 7.13. The Morgan fingerprint density at radius 3 is 2.70 bits per heavy atom. The Morgan fingerprint density at radius 2 is 2.05 bits per heavy atom. The van der Waals surface area contributed by atoms with E-state index < -0.39 is 6.10 Å². The summed E-state index contributed by atoms with van der Waals surface area (Å²) in [5.41, 5.74) is 0.728. The van der Waals surface area contributed by atoms with Gasteiger partial charge in [0.05, 0.1) is 24.9 Å². The molecule has 0 bridgehead atoms. The molecule has 2 rings (SSSR count). The maximum absolute atomic E-state index is 12.8. The minimum absolute atomic E-state index is 0.0152. The van der Waals surface area contributed by atoms with Crippen LogP contribution in [0.5, 0.6) is 0 Å². The standard InChI is InChI=1S/C15H22FNO3/c1-11-8-17(9-14(10-18)20-11)7-6-15(19)12-2-4-13(16)5-3-12/h2-5,11,14-15,18-19H,6-10H2,1H3. The van der Waals surface area contributed by atoms with Crippen LogP contribution in [0.3, 0.4) is 0 Å². The molecule has 0 spiro atoms. The Bertz CT molecular complexity index is 412. The summed E-state index contributed by atoms with van der Waals surface area (Å²) in [6, 6.07) is 5.94. The summed E-state index contributed by atoms with van der Waals surface area (Å²) in [5.74, 6) is -0.297. The van der Waals surface area contributed by atoms with Gasteiger partial charge in [-0.2, -0.15) is 0 Å². The molecule has 5 heteroatoms. The molecule has 1 heterocycles. The first kappa shape index (κ1) is 15.4. The second-order valence-corrected chi connectivity index (χ2v) is 5.37. The summed E-state index contributed by atoms with van der Waals surface area (Å²) in [5, 5.41) is 19.3. The van der Waals surface area contributed by atoms with Gasteiger partial charge >= 0.3 is 0 Å². The van der Waals surface area contributed by atoms with Crippen LogP contribution < -0.4 is 0 Å². The quantitative estimate of drug-likeness (QED) is 0.856. The maximum Gasteiger partial charge on any atom is 0.123 e. The molecule has 20 heavy (non-hydrogen) atoms. The molecule has 3 atom stereocenters. The van der Waals surface area contributed by atoms with Crippen molar-refractivity contribution in [1.82, 2.24) is 4.90 Å². The lowest BCUT2D eigenvalue weighted by atomic mass is 10.1. The zero-order valence-electron chi connectivity index (χ0n) is 11.7. The van der Waals surface area contributed by atoms with E-state index >= 15 is 0 Å². The van der Waals surface area contributed by atoms with Gasteiger partial charge in [0.15, 0.2) is 0 Å². The molecular weight excluding hydrogens is 261 g/mol. The number of nitrogens with zero attached hydrogens (tertiary/aromatic N) is 1. The average Bonchev–Trinajstić information content (AvgIpc) is 2.45. The van der Waals surface area contributed by atoms with Crippen molar-refractivity contribution in [2.24, 2.45) is 0 Å². The van der Waals surface area contributed by atoms with Crippen LogP contribution in [0.1, 0.15) is 25.0 Å².